The lowest BCUT2D eigenvalue weighted by atomic mass is 9.85. The van der Waals surface area contributed by atoms with Gasteiger partial charge in [-0.25, -0.2) is 4.39 Å². The van der Waals surface area contributed by atoms with Crippen LogP contribution in [0, 0.1) is 11.7 Å². The molecule has 2 aromatic rings. The van der Waals surface area contributed by atoms with Crippen LogP contribution in [0.3, 0.4) is 0 Å². The maximum atomic E-state index is 14.7. The van der Waals surface area contributed by atoms with Crippen molar-refractivity contribution in [3.8, 4) is 0 Å². The van der Waals surface area contributed by atoms with Crippen molar-refractivity contribution in [2.45, 2.75) is 68.6 Å². The summed E-state index contributed by atoms with van der Waals surface area (Å²) in [7, 11) is 0. The second-order valence-electron chi connectivity index (χ2n) is 11.7. The fourth-order valence-corrected chi connectivity index (χ4v) is 6.76. The molecular weight excluding hydrogens is 491 g/mol. The van der Waals surface area contributed by atoms with E-state index in [1.54, 1.807) is 6.07 Å². The molecule has 2 aliphatic heterocycles. The largest absolute Gasteiger partial charge is 0.363 e. The number of halogens is 1. The molecule has 6 rings (SSSR count). The van der Waals surface area contributed by atoms with Gasteiger partial charge in [-0.2, -0.15) is 0 Å². The number of nitrogens with two attached hydrogens (primary N) is 1. The molecule has 6 heteroatoms. The molecule has 0 amide bonds. The normalized spacial score (nSPS) is 19.8. The zero-order chi connectivity index (χ0) is 26.2. The van der Waals surface area contributed by atoms with Crippen LogP contribution in [0.15, 0.2) is 59.5 Å². The molecule has 0 saturated heterocycles. The van der Waals surface area contributed by atoms with Crippen molar-refractivity contribution in [3.05, 3.63) is 83.0 Å². The lowest BCUT2D eigenvalue weighted by Gasteiger charge is -2.28. The smallest absolute Gasteiger partial charge is 0.133 e. The van der Waals surface area contributed by atoms with Gasteiger partial charge in [0.15, 0.2) is 0 Å². The zero-order valence-electron chi connectivity index (χ0n) is 22.4. The predicted octanol–water partition coefficient (Wildman–Crippen LogP) is 7.15. The Morgan fingerprint density at radius 2 is 1.61 bits per heavy atom. The van der Waals surface area contributed by atoms with E-state index in [1.807, 2.05) is 6.07 Å². The van der Waals surface area contributed by atoms with Gasteiger partial charge in [-0.15, -0.1) is 0 Å². The monoisotopic (exact) mass is 530 g/mol. The molecule has 4 aliphatic rings. The van der Waals surface area contributed by atoms with Crippen LogP contribution < -0.4 is 5.14 Å². The second-order valence-corrected chi connectivity index (χ2v) is 12.4. The first-order chi connectivity index (χ1) is 18.5. The summed E-state index contributed by atoms with van der Waals surface area (Å²) in [5, 5.41) is 5.58. The Labute approximate surface area is 231 Å². The number of aryl methyl sites for hydroxylation is 1. The number of hydrogen-bond acceptors (Lipinski definition) is 5. The Morgan fingerprint density at radius 3 is 2.24 bits per heavy atom. The first-order valence-corrected chi connectivity index (χ1v) is 15.1. The SMILES string of the molecule is C=C(c1cc(CCC2CCCCC2)nc(C2CC2)c1)N1CC2=C(C1)CN(C(=C)c1ccc(SN)cc1F)C2. The van der Waals surface area contributed by atoms with Gasteiger partial charge >= 0.3 is 0 Å². The number of pyridine rings is 1. The summed E-state index contributed by atoms with van der Waals surface area (Å²) in [6, 6.07) is 9.74. The molecule has 0 bridgehead atoms. The predicted molar refractivity (Wildman–Crippen MR) is 156 cm³/mol. The van der Waals surface area contributed by atoms with E-state index >= 15 is 0 Å². The molecule has 2 fully saturated rings. The summed E-state index contributed by atoms with van der Waals surface area (Å²) in [5.41, 5.74) is 8.98. The van der Waals surface area contributed by atoms with E-state index in [0.29, 0.717) is 16.4 Å². The van der Waals surface area contributed by atoms with Gasteiger partial charge in [0.05, 0.1) is 0 Å². The van der Waals surface area contributed by atoms with Crippen molar-refractivity contribution in [1.29, 1.82) is 0 Å². The van der Waals surface area contributed by atoms with Crippen molar-refractivity contribution in [1.82, 2.24) is 14.8 Å². The van der Waals surface area contributed by atoms with Gasteiger partial charge in [0, 0.05) is 70.9 Å². The van der Waals surface area contributed by atoms with Crippen LogP contribution >= 0.6 is 11.9 Å². The van der Waals surface area contributed by atoms with E-state index in [4.69, 9.17) is 10.1 Å². The maximum absolute atomic E-state index is 14.7. The van der Waals surface area contributed by atoms with Crippen molar-refractivity contribution in [3.63, 3.8) is 0 Å². The molecule has 2 N–H and O–H groups in total. The van der Waals surface area contributed by atoms with Crippen LogP contribution in [-0.4, -0.2) is 41.0 Å². The number of nitrogens with zero attached hydrogens (tertiary/aromatic N) is 3. The summed E-state index contributed by atoms with van der Waals surface area (Å²) in [4.78, 5) is 10.4. The van der Waals surface area contributed by atoms with Gasteiger partial charge in [-0.05, 0) is 85.0 Å². The standard InChI is InChI=1S/C32H39FN4S/c1-21(25-14-28(35-32(15-25)24-9-10-24)11-8-23-6-4-3-5-7-23)36-17-26-19-37(20-27(26)18-36)22(2)30-13-12-29(38-34)16-31(30)33/h12-16,23-24H,1-11,17-20,34H2. The number of aromatic nitrogens is 1. The van der Waals surface area contributed by atoms with E-state index < -0.39 is 0 Å². The third-order valence-electron chi connectivity index (χ3n) is 8.94. The maximum Gasteiger partial charge on any atom is 0.133 e. The Hall–Kier alpha value is -2.57. The van der Waals surface area contributed by atoms with Gasteiger partial charge in [-0.1, -0.05) is 45.3 Å². The zero-order valence-corrected chi connectivity index (χ0v) is 23.2. The van der Waals surface area contributed by atoms with Crippen LogP contribution in [0.4, 0.5) is 4.39 Å². The molecule has 4 nitrogen and oxygen atoms in total. The van der Waals surface area contributed by atoms with Crippen LogP contribution in [0.25, 0.3) is 11.4 Å². The molecule has 1 aromatic heterocycles. The average molecular weight is 531 g/mol. The molecule has 0 unspecified atom stereocenters. The van der Waals surface area contributed by atoms with Crippen molar-refractivity contribution in [2.24, 2.45) is 11.1 Å². The molecule has 1 aromatic carbocycles. The van der Waals surface area contributed by atoms with Crippen LogP contribution in [0.1, 0.15) is 79.8 Å². The first kappa shape index (κ1) is 25.7. The van der Waals surface area contributed by atoms with Crippen LogP contribution in [0.5, 0.6) is 0 Å². The molecule has 2 aliphatic carbocycles. The molecule has 200 valence electrons. The lowest BCUT2D eigenvalue weighted by Crippen LogP contribution is -2.28. The highest BCUT2D eigenvalue weighted by atomic mass is 32.2. The third-order valence-corrected chi connectivity index (χ3v) is 9.46. The highest BCUT2D eigenvalue weighted by molar-refractivity contribution is 7.97. The number of benzene rings is 1. The summed E-state index contributed by atoms with van der Waals surface area (Å²) >= 11 is 1.06. The molecular formula is C32H39FN4S. The van der Waals surface area contributed by atoms with Gasteiger partial charge < -0.3 is 9.80 Å². The summed E-state index contributed by atoms with van der Waals surface area (Å²) in [5.74, 6) is 1.24. The number of rotatable bonds is 9. The topological polar surface area (TPSA) is 45.4 Å². The van der Waals surface area contributed by atoms with Gasteiger partial charge in [0.1, 0.15) is 5.82 Å². The van der Waals surface area contributed by atoms with E-state index in [2.05, 4.69) is 35.1 Å². The van der Waals surface area contributed by atoms with Crippen molar-refractivity contribution in [2.75, 3.05) is 26.2 Å². The Bertz CT molecular complexity index is 1260. The van der Waals surface area contributed by atoms with E-state index in [-0.39, 0.29) is 5.82 Å². The summed E-state index contributed by atoms with van der Waals surface area (Å²) in [6.45, 7) is 12.1. The summed E-state index contributed by atoms with van der Waals surface area (Å²) in [6.07, 6.45) is 11.9. The Kier molecular flexibility index (Phi) is 7.37. The fraction of sp³-hybridized carbons (Fsp3) is 0.469. The van der Waals surface area contributed by atoms with E-state index in [1.165, 1.54) is 85.5 Å². The van der Waals surface area contributed by atoms with Crippen molar-refractivity contribution < 1.29 is 4.39 Å². The van der Waals surface area contributed by atoms with Gasteiger partial charge in [0.25, 0.3) is 0 Å². The molecule has 3 heterocycles. The van der Waals surface area contributed by atoms with E-state index in [0.717, 1.165) is 61.9 Å². The van der Waals surface area contributed by atoms with Crippen molar-refractivity contribution >= 4 is 23.3 Å². The quantitative estimate of drug-likeness (QED) is 0.276. The first-order valence-electron chi connectivity index (χ1n) is 14.2. The minimum atomic E-state index is -0.268. The molecule has 38 heavy (non-hydrogen) atoms. The minimum absolute atomic E-state index is 0.268. The highest BCUT2D eigenvalue weighted by Gasteiger charge is 2.33. The van der Waals surface area contributed by atoms with E-state index in [9.17, 15) is 4.39 Å². The van der Waals surface area contributed by atoms with Crippen LogP contribution in [0.2, 0.25) is 0 Å². The van der Waals surface area contributed by atoms with Gasteiger partial charge in [-0.3, -0.25) is 10.1 Å². The fourth-order valence-electron chi connectivity index (χ4n) is 6.44. The van der Waals surface area contributed by atoms with Gasteiger partial charge in [0.2, 0.25) is 0 Å². The molecule has 0 radical (unpaired) electrons. The average Bonchev–Trinajstić information content (AvgIpc) is 3.61. The second kappa shape index (κ2) is 10.9. The third kappa shape index (κ3) is 5.43. The molecule has 0 atom stereocenters. The number of hydrogen-bond donors (Lipinski definition) is 1. The molecule has 2 saturated carbocycles. The summed E-state index contributed by atoms with van der Waals surface area (Å²) < 4.78 is 14.7. The Balaban J connectivity index is 1.10. The lowest BCUT2D eigenvalue weighted by molar-refractivity contribution is 0.338. The Morgan fingerprint density at radius 1 is 0.921 bits per heavy atom. The molecule has 0 spiro atoms. The van der Waals surface area contributed by atoms with Crippen LogP contribution in [-0.2, 0) is 6.42 Å². The highest BCUT2D eigenvalue weighted by Crippen LogP contribution is 2.41. The minimum Gasteiger partial charge on any atom is -0.363 e.